The highest BCUT2D eigenvalue weighted by molar-refractivity contribution is 6.00. The van der Waals surface area contributed by atoms with E-state index in [0.717, 1.165) is 30.9 Å². The number of aliphatic hydroxyl groups is 1. The number of likely N-dealkylation sites (tertiary alicyclic amines) is 1. The van der Waals surface area contributed by atoms with Gasteiger partial charge < -0.3 is 65.2 Å². The van der Waals surface area contributed by atoms with E-state index in [2.05, 4.69) is 16.0 Å². The summed E-state index contributed by atoms with van der Waals surface area (Å²) in [6.45, 7) is 14.5. The Morgan fingerprint density at radius 3 is 1.39 bits per heavy atom. The second kappa shape index (κ2) is 33.7. The Bertz CT molecular complexity index is 2850. The number of aliphatic hydroxyl groups excluding tert-OH is 1. The van der Waals surface area contributed by atoms with E-state index in [1.165, 1.54) is 106 Å². The van der Waals surface area contributed by atoms with Crippen molar-refractivity contribution in [2.75, 3.05) is 76.0 Å². The molecule has 2 saturated heterocycles. The van der Waals surface area contributed by atoms with Crippen LogP contribution in [0.2, 0.25) is 0 Å². The molecule has 2 fully saturated rings. The molecular formula is C65H100N12O13. The molecule has 4 N–H and O–H groups in total. The van der Waals surface area contributed by atoms with E-state index in [0.29, 0.717) is 37.1 Å². The third-order valence-electron chi connectivity index (χ3n) is 17.5. The van der Waals surface area contributed by atoms with Gasteiger partial charge in [-0.15, -0.1) is 0 Å². The van der Waals surface area contributed by atoms with Crippen LogP contribution in [0.5, 0.6) is 0 Å². The molecular weight excluding hydrogens is 1160 g/mol. The third-order valence-corrected chi connectivity index (χ3v) is 17.5. The maximum atomic E-state index is 15.0. The van der Waals surface area contributed by atoms with Crippen molar-refractivity contribution in [3.05, 3.63) is 71.8 Å². The molecule has 2 aliphatic rings. The quantitative estimate of drug-likeness (QED) is 0.260. The number of carbonyl (C=O) groups excluding carboxylic acids is 12. The Kier molecular flexibility index (Phi) is 27.9. The van der Waals surface area contributed by atoms with Gasteiger partial charge in [0.2, 0.25) is 70.9 Å². The van der Waals surface area contributed by atoms with Gasteiger partial charge in [-0.25, -0.2) is 0 Å². The number of nitrogens with one attached hydrogen (secondary N) is 3. The number of hydrogen-bond donors (Lipinski definition) is 4. The van der Waals surface area contributed by atoms with Crippen molar-refractivity contribution >= 4 is 70.9 Å². The topological polar surface area (TPSA) is 290 Å². The minimum atomic E-state index is -1.67. The number of likely N-dealkylation sites (N-methyl/N-ethyl adjacent to an activating group) is 8. The lowest BCUT2D eigenvalue weighted by molar-refractivity contribution is -0.155. The van der Waals surface area contributed by atoms with E-state index < -0.39 is 150 Å². The second-order valence-electron chi connectivity index (χ2n) is 25.3. The van der Waals surface area contributed by atoms with Gasteiger partial charge in [0, 0.05) is 82.3 Å². The van der Waals surface area contributed by atoms with E-state index in [-0.39, 0.29) is 37.5 Å². The van der Waals surface area contributed by atoms with Crippen molar-refractivity contribution in [2.24, 2.45) is 11.8 Å². The monoisotopic (exact) mass is 1260 g/mol. The van der Waals surface area contributed by atoms with E-state index in [9.17, 15) is 57.8 Å². The molecule has 25 heteroatoms. The molecule has 2 heterocycles. The summed E-state index contributed by atoms with van der Waals surface area (Å²) in [5.74, 6) is -8.97. The highest BCUT2D eigenvalue weighted by Gasteiger charge is 2.43. The Hall–Kier alpha value is -7.96. The first kappa shape index (κ1) is 74.5. The van der Waals surface area contributed by atoms with Crippen molar-refractivity contribution in [1.82, 2.24) is 60.0 Å². The van der Waals surface area contributed by atoms with Gasteiger partial charge in [-0.2, -0.15) is 0 Å². The first-order chi connectivity index (χ1) is 42.1. The molecule has 4 rings (SSSR count). The van der Waals surface area contributed by atoms with Gasteiger partial charge in [0.05, 0.1) is 19.1 Å². The summed E-state index contributed by atoms with van der Waals surface area (Å²) in [5, 5.41) is 19.2. The van der Waals surface area contributed by atoms with Crippen LogP contribution in [0.25, 0.3) is 0 Å². The van der Waals surface area contributed by atoms with Gasteiger partial charge in [-0.3, -0.25) is 57.5 Å². The molecule has 0 bridgehead atoms. The summed E-state index contributed by atoms with van der Waals surface area (Å²) in [5.41, 5.74) is 1.27. The zero-order chi connectivity index (χ0) is 67.8. The molecule has 90 heavy (non-hydrogen) atoms. The summed E-state index contributed by atoms with van der Waals surface area (Å²) < 4.78 is 0. The highest BCUT2D eigenvalue weighted by Crippen LogP contribution is 2.22. The number of piperidine rings is 1. The molecule has 11 atom stereocenters. The first-order valence-electron chi connectivity index (χ1n) is 31.2. The molecule has 12 amide bonds. The Morgan fingerprint density at radius 2 is 0.889 bits per heavy atom. The molecule has 0 radical (unpaired) electrons. The van der Waals surface area contributed by atoms with Crippen LogP contribution in [0.1, 0.15) is 112 Å². The van der Waals surface area contributed by atoms with Crippen LogP contribution in [0.4, 0.5) is 0 Å². The lowest BCUT2D eigenvalue weighted by Gasteiger charge is -2.38. The number of benzene rings is 2. The van der Waals surface area contributed by atoms with Crippen LogP contribution in [0, 0.1) is 11.8 Å². The maximum absolute atomic E-state index is 15.0. The third kappa shape index (κ3) is 19.5. The fourth-order valence-corrected chi connectivity index (χ4v) is 11.1. The summed E-state index contributed by atoms with van der Waals surface area (Å²) in [6.07, 6.45) is 0.206. The van der Waals surface area contributed by atoms with Crippen molar-refractivity contribution < 1.29 is 62.6 Å². The summed E-state index contributed by atoms with van der Waals surface area (Å²) in [7, 11) is 11.0. The zero-order valence-electron chi connectivity index (χ0n) is 55.9. The first-order valence-corrected chi connectivity index (χ1v) is 31.2. The van der Waals surface area contributed by atoms with Crippen LogP contribution < -0.4 is 16.0 Å². The Morgan fingerprint density at radius 1 is 0.467 bits per heavy atom. The van der Waals surface area contributed by atoms with Gasteiger partial charge >= 0.3 is 0 Å². The lowest BCUT2D eigenvalue weighted by Crippen LogP contribution is -2.61. The van der Waals surface area contributed by atoms with Crippen molar-refractivity contribution in [3.8, 4) is 0 Å². The minimum absolute atomic E-state index is 0.0406. The zero-order valence-corrected chi connectivity index (χ0v) is 55.9. The highest BCUT2D eigenvalue weighted by atomic mass is 16.3. The van der Waals surface area contributed by atoms with Gasteiger partial charge in [-0.05, 0) is 89.7 Å². The standard InChI is InChI=1S/C65H100N12O13/c1-39(2)33-49-57(82)66-41(5)56(81)67-48(62(87)77-31-25-20-26-32-77)37-53(79)70(11)42(6)59(84)71(12)43(7)61(86)76(17)51(34-40(3)4)63(88)72(13)44(8)60(85)74(15)50(35-46-27-21-18-22-28-46)58(83)68-55(45(9)78)65(90)69(10)38-54(80)73(14)52(64(89)75(49)16)36-47-29-23-19-24-30-47/h18-19,21-24,27-30,39-45,48-52,55,78H,20,25-26,31-38H2,1-17H3,(H,66,82)(H,67,81)(H,68,83)/t41-,42-,43-,44-,45+,48-,49-,50-,51-,52-,55-/m0/s1. The van der Waals surface area contributed by atoms with Crippen LogP contribution in [-0.4, -0.2) is 263 Å². The summed E-state index contributed by atoms with van der Waals surface area (Å²) in [4.78, 5) is 185. The predicted molar refractivity (Wildman–Crippen MR) is 338 cm³/mol. The molecule has 0 aliphatic carbocycles. The minimum Gasteiger partial charge on any atom is -0.391 e. The smallest absolute Gasteiger partial charge is 0.248 e. The molecule has 2 aromatic rings. The van der Waals surface area contributed by atoms with E-state index >= 15 is 4.79 Å². The van der Waals surface area contributed by atoms with Crippen LogP contribution in [0.3, 0.4) is 0 Å². The molecule has 0 unspecified atom stereocenters. The second-order valence-corrected chi connectivity index (χ2v) is 25.3. The predicted octanol–water partition coefficient (Wildman–Crippen LogP) is 1.14. The SMILES string of the molecule is CC(C)C[C@H]1C(=O)N(C)[C@@H](C)C(=O)N(C)[C@@H](Cc2ccccc2)C(=O)N[C@@H]([C@@H](C)O)C(=O)N(C)CC(=O)N(C)[C@@H](Cc2ccccc2)C(=O)N(C)[C@@H](CC(C)C)C(=O)N[C@@H](C)C(=O)N[C@H](C(=O)N2CCCCC2)CC(=O)N(C)[C@@H](C)C(=O)N(C)[C@@H](C)C(=O)N1C. The lowest BCUT2D eigenvalue weighted by atomic mass is 9.98. The molecule has 2 aromatic carbocycles. The van der Waals surface area contributed by atoms with E-state index in [1.54, 1.807) is 65.6 Å². The van der Waals surface area contributed by atoms with Gasteiger partial charge in [0.25, 0.3) is 0 Å². The van der Waals surface area contributed by atoms with Crippen LogP contribution in [-0.2, 0) is 70.4 Å². The van der Waals surface area contributed by atoms with Crippen molar-refractivity contribution in [2.45, 2.75) is 180 Å². The van der Waals surface area contributed by atoms with Crippen molar-refractivity contribution in [3.63, 3.8) is 0 Å². The largest absolute Gasteiger partial charge is 0.391 e. The average Bonchev–Trinajstić information content (AvgIpc) is 2.12. The van der Waals surface area contributed by atoms with Gasteiger partial charge in [0.15, 0.2) is 0 Å². The fourth-order valence-electron chi connectivity index (χ4n) is 11.1. The van der Waals surface area contributed by atoms with E-state index in [1.807, 2.05) is 27.7 Å². The van der Waals surface area contributed by atoms with Crippen molar-refractivity contribution in [1.29, 1.82) is 0 Å². The summed E-state index contributed by atoms with van der Waals surface area (Å²) >= 11 is 0. The van der Waals surface area contributed by atoms with Gasteiger partial charge in [0.1, 0.15) is 60.4 Å². The number of rotatable bonds is 10. The molecule has 0 aromatic heterocycles. The number of amides is 12. The number of nitrogens with zero attached hydrogens (tertiary/aromatic N) is 9. The molecule has 0 saturated carbocycles. The number of hydrogen-bond acceptors (Lipinski definition) is 13. The summed E-state index contributed by atoms with van der Waals surface area (Å²) in [6, 6.07) is 4.39. The molecule has 2 aliphatic heterocycles. The maximum Gasteiger partial charge on any atom is 0.248 e. The Balaban J connectivity index is 1.86. The fraction of sp³-hybridized carbons (Fsp3) is 0.631. The van der Waals surface area contributed by atoms with Crippen LogP contribution >= 0.6 is 0 Å². The molecule has 498 valence electrons. The Labute approximate surface area is 531 Å². The number of carbonyl (C=O) groups is 12. The molecule has 25 nitrogen and oxygen atoms in total. The van der Waals surface area contributed by atoms with Crippen LogP contribution in [0.15, 0.2) is 60.7 Å². The average molecular weight is 1260 g/mol. The van der Waals surface area contributed by atoms with Gasteiger partial charge in [-0.1, -0.05) is 88.4 Å². The normalized spacial score (nSPS) is 26.5. The molecule has 0 spiro atoms. The van der Waals surface area contributed by atoms with E-state index in [4.69, 9.17) is 0 Å².